The van der Waals surface area contributed by atoms with Gasteiger partial charge in [-0.05, 0) is 24.1 Å². The lowest BCUT2D eigenvalue weighted by atomic mass is 10.1. The summed E-state index contributed by atoms with van der Waals surface area (Å²) in [4.78, 5) is 10.0. The Hall–Kier alpha value is -0.890. The minimum absolute atomic E-state index is 0.510. The van der Waals surface area contributed by atoms with Gasteiger partial charge in [0.25, 0.3) is 0 Å². The molecule has 0 heterocycles. The van der Waals surface area contributed by atoms with Gasteiger partial charge in [0, 0.05) is 10.9 Å². The standard InChI is InChI=1S/C11H11BrO/c12-11-7-5-10(6-8-11)4-2-1-3-9-13/h1-2,5-9H,3-4H2/b2-1-. The molecular formula is C11H11BrO. The lowest BCUT2D eigenvalue weighted by Gasteiger charge is -1.95. The van der Waals surface area contributed by atoms with Crippen LogP contribution in [0, 0.1) is 0 Å². The molecule has 0 amide bonds. The molecule has 1 aromatic rings. The Bertz CT molecular complexity index is 287. The summed E-state index contributed by atoms with van der Waals surface area (Å²) in [5.74, 6) is 0. The predicted octanol–water partition coefficient (Wildman–Crippen LogP) is 3.14. The van der Waals surface area contributed by atoms with Crippen LogP contribution in [-0.2, 0) is 11.2 Å². The fraction of sp³-hybridized carbons (Fsp3) is 0.182. The first-order valence-corrected chi connectivity index (χ1v) is 4.95. The SMILES string of the molecule is O=CC/C=C\Cc1ccc(Br)cc1. The van der Waals surface area contributed by atoms with Crippen LogP contribution in [0.2, 0.25) is 0 Å². The number of halogens is 1. The van der Waals surface area contributed by atoms with Gasteiger partial charge in [0.05, 0.1) is 0 Å². The third-order valence-electron chi connectivity index (χ3n) is 1.67. The molecule has 68 valence electrons. The maximum absolute atomic E-state index is 10.0. The number of benzene rings is 1. The van der Waals surface area contributed by atoms with E-state index in [1.54, 1.807) is 0 Å². The summed E-state index contributed by atoms with van der Waals surface area (Å²) >= 11 is 3.37. The molecule has 0 radical (unpaired) electrons. The monoisotopic (exact) mass is 238 g/mol. The number of rotatable bonds is 4. The summed E-state index contributed by atoms with van der Waals surface area (Å²) in [6.07, 6.45) is 6.20. The molecule has 0 spiro atoms. The zero-order chi connectivity index (χ0) is 9.52. The van der Waals surface area contributed by atoms with Crippen molar-refractivity contribution in [1.29, 1.82) is 0 Å². The smallest absolute Gasteiger partial charge is 0.123 e. The second kappa shape index (κ2) is 5.70. The first-order valence-electron chi connectivity index (χ1n) is 4.16. The quantitative estimate of drug-likeness (QED) is 0.582. The van der Waals surface area contributed by atoms with E-state index in [2.05, 4.69) is 28.1 Å². The minimum atomic E-state index is 0.510. The van der Waals surface area contributed by atoms with E-state index in [9.17, 15) is 4.79 Å². The first-order chi connectivity index (χ1) is 6.33. The fourth-order valence-corrected chi connectivity index (χ4v) is 1.26. The summed E-state index contributed by atoms with van der Waals surface area (Å²) in [5.41, 5.74) is 1.25. The van der Waals surface area contributed by atoms with Crippen LogP contribution in [0.3, 0.4) is 0 Å². The molecule has 0 unspecified atom stereocenters. The van der Waals surface area contributed by atoms with Crippen molar-refractivity contribution in [1.82, 2.24) is 0 Å². The molecule has 0 saturated carbocycles. The van der Waals surface area contributed by atoms with E-state index < -0.39 is 0 Å². The molecule has 0 aliphatic heterocycles. The number of aldehydes is 1. The van der Waals surface area contributed by atoms with Crippen molar-refractivity contribution in [3.8, 4) is 0 Å². The van der Waals surface area contributed by atoms with Crippen molar-refractivity contribution >= 4 is 22.2 Å². The first kappa shape index (κ1) is 10.2. The molecule has 1 nitrogen and oxygen atoms in total. The van der Waals surface area contributed by atoms with Gasteiger partial charge >= 0.3 is 0 Å². The molecule has 1 aromatic carbocycles. The molecule has 0 fully saturated rings. The average molecular weight is 239 g/mol. The molecule has 0 saturated heterocycles. The highest BCUT2D eigenvalue weighted by atomic mass is 79.9. The van der Waals surface area contributed by atoms with E-state index in [4.69, 9.17) is 0 Å². The second-order valence-electron chi connectivity index (χ2n) is 2.70. The molecular weight excluding hydrogens is 228 g/mol. The topological polar surface area (TPSA) is 17.1 Å². The van der Waals surface area contributed by atoms with Crippen LogP contribution in [0.4, 0.5) is 0 Å². The van der Waals surface area contributed by atoms with Crippen LogP contribution in [0.5, 0.6) is 0 Å². The maximum atomic E-state index is 10.0. The molecule has 0 aliphatic rings. The van der Waals surface area contributed by atoms with Crippen LogP contribution in [0.25, 0.3) is 0 Å². The summed E-state index contributed by atoms with van der Waals surface area (Å²) in [7, 11) is 0. The summed E-state index contributed by atoms with van der Waals surface area (Å²) < 4.78 is 1.09. The van der Waals surface area contributed by atoms with E-state index >= 15 is 0 Å². The molecule has 0 N–H and O–H groups in total. The predicted molar refractivity (Wildman–Crippen MR) is 57.7 cm³/mol. The molecule has 0 aliphatic carbocycles. The van der Waals surface area contributed by atoms with Crippen molar-refractivity contribution in [3.05, 3.63) is 46.5 Å². The van der Waals surface area contributed by atoms with Crippen LogP contribution in [-0.4, -0.2) is 6.29 Å². The van der Waals surface area contributed by atoms with Crippen molar-refractivity contribution in [2.45, 2.75) is 12.8 Å². The molecule has 2 heteroatoms. The van der Waals surface area contributed by atoms with Crippen molar-refractivity contribution in [2.75, 3.05) is 0 Å². The minimum Gasteiger partial charge on any atom is -0.303 e. The van der Waals surface area contributed by atoms with Gasteiger partial charge in [-0.2, -0.15) is 0 Å². The summed E-state index contributed by atoms with van der Waals surface area (Å²) in [6, 6.07) is 8.16. The Kier molecular flexibility index (Phi) is 4.47. The zero-order valence-electron chi connectivity index (χ0n) is 7.24. The Balaban J connectivity index is 2.45. The Labute approximate surface area is 86.6 Å². The zero-order valence-corrected chi connectivity index (χ0v) is 8.83. The van der Waals surface area contributed by atoms with Gasteiger partial charge in [-0.15, -0.1) is 0 Å². The van der Waals surface area contributed by atoms with E-state index in [1.165, 1.54) is 5.56 Å². The highest BCUT2D eigenvalue weighted by Gasteiger charge is 1.88. The van der Waals surface area contributed by atoms with Gasteiger partial charge in [-0.25, -0.2) is 0 Å². The highest BCUT2D eigenvalue weighted by Crippen LogP contribution is 2.10. The number of carbonyl (C=O) groups is 1. The number of hydrogen-bond acceptors (Lipinski definition) is 1. The van der Waals surface area contributed by atoms with Crippen LogP contribution < -0.4 is 0 Å². The Morgan fingerprint density at radius 2 is 1.85 bits per heavy atom. The number of allylic oxidation sites excluding steroid dienone is 2. The van der Waals surface area contributed by atoms with Gasteiger partial charge in [-0.3, -0.25) is 0 Å². The lowest BCUT2D eigenvalue weighted by molar-refractivity contribution is -0.107. The van der Waals surface area contributed by atoms with Crippen LogP contribution in [0.1, 0.15) is 12.0 Å². The molecule has 0 bridgehead atoms. The van der Waals surface area contributed by atoms with Crippen molar-refractivity contribution in [2.24, 2.45) is 0 Å². The summed E-state index contributed by atoms with van der Waals surface area (Å²) in [6.45, 7) is 0. The number of hydrogen-bond donors (Lipinski definition) is 0. The van der Waals surface area contributed by atoms with Gasteiger partial charge in [0.2, 0.25) is 0 Å². The molecule has 0 aromatic heterocycles. The van der Waals surface area contributed by atoms with Crippen LogP contribution in [0.15, 0.2) is 40.9 Å². The van der Waals surface area contributed by atoms with Gasteiger partial charge in [0.15, 0.2) is 0 Å². The van der Waals surface area contributed by atoms with E-state index in [1.807, 2.05) is 24.3 Å². The summed E-state index contributed by atoms with van der Waals surface area (Å²) in [5, 5.41) is 0. The highest BCUT2D eigenvalue weighted by molar-refractivity contribution is 9.10. The second-order valence-corrected chi connectivity index (χ2v) is 3.62. The molecule has 0 atom stereocenters. The maximum Gasteiger partial charge on any atom is 0.123 e. The molecule has 13 heavy (non-hydrogen) atoms. The third kappa shape index (κ3) is 4.04. The third-order valence-corrected chi connectivity index (χ3v) is 2.19. The van der Waals surface area contributed by atoms with Gasteiger partial charge in [-0.1, -0.05) is 40.2 Å². The van der Waals surface area contributed by atoms with Crippen LogP contribution >= 0.6 is 15.9 Å². The fourth-order valence-electron chi connectivity index (χ4n) is 0.992. The lowest BCUT2D eigenvalue weighted by Crippen LogP contribution is -1.79. The molecule has 1 rings (SSSR count). The number of carbonyl (C=O) groups excluding carboxylic acids is 1. The van der Waals surface area contributed by atoms with E-state index in [0.29, 0.717) is 6.42 Å². The van der Waals surface area contributed by atoms with Gasteiger partial charge < -0.3 is 4.79 Å². The Morgan fingerprint density at radius 3 is 2.46 bits per heavy atom. The van der Waals surface area contributed by atoms with Crippen molar-refractivity contribution < 1.29 is 4.79 Å². The van der Waals surface area contributed by atoms with Gasteiger partial charge in [0.1, 0.15) is 6.29 Å². The van der Waals surface area contributed by atoms with E-state index in [-0.39, 0.29) is 0 Å². The van der Waals surface area contributed by atoms with Crippen molar-refractivity contribution in [3.63, 3.8) is 0 Å². The average Bonchev–Trinajstić information content (AvgIpc) is 2.15. The normalized spacial score (nSPS) is 10.5. The van der Waals surface area contributed by atoms with E-state index in [0.717, 1.165) is 17.2 Å². The Morgan fingerprint density at radius 1 is 1.15 bits per heavy atom. The largest absolute Gasteiger partial charge is 0.303 e.